The van der Waals surface area contributed by atoms with Crippen molar-refractivity contribution in [3.05, 3.63) is 83.3 Å². The van der Waals surface area contributed by atoms with E-state index in [4.69, 9.17) is 11.6 Å². The van der Waals surface area contributed by atoms with Crippen LogP contribution in [-0.4, -0.2) is 15.9 Å². The SMILES string of the molecule is CC1\C=C(C(=O)Nc2cccc([C@H](C)Nc3cncc(Cl)n3)c2)/C=C\C=C\C1. The molecular formula is C22H23ClN4O. The van der Waals surface area contributed by atoms with E-state index >= 15 is 0 Å². The molecule has 0 saturated heterocycles. The molecule has 0 bridgehead atoms. The highest BCUT2D eigenvalue weighted by Gasteiger charge is 2.12. The number of nitrogens with zero attached hydrogens (tertiary/aromatic N) is 2. The first-order chi connectivity index (χ1) is 13.5. The third-order valence-electron chi connectivity index (χ3n) is 4.37. The van der Waals surface area contributed by atoms with Crippen LogP contribution in [0.1, 0.15) is 31.9 Å². The molecule has 2 atom stereocenters. The lowest BCUT2D eigenvalue weighted by molar-refractivity contribution is -0.112. The van der Waals surface area contributed by atoms with Crippen LogP contribution in [0.25, 0.3) is 0 Å². The van der Waals surface area contributed by atoms with Crippen molar-refractivity contribution >= 4 is 29.0 Å². The van der Waals surface area contributed by atoms with E-state index in [0.717, 1.165) is 17.7 Å². The van der Waals surface area contributed by atoms with Crippen molar-refractivity contribution in [3.8, 4) is 0 Å². The molecule has 0 radical (unpaired) electrons. The number of carbonyl (C=O) groups is 1. The van der Waals surface area contributed by atoms with Crippen LogP contribution in [0.2, 0.25) is 5.15 Å². The van der Waals surface area contributed by atoms with Crippen molar-refractivity contribution in [2.75, 3.05) is 10.6 Å². The third-order valence-corrected chi connectivity index (χ3v) is 4.55. The van der Waals surface area contributed by atoms with Gasteiger partial charge < -0.3 is 10.6 Å². The lowest BCUT2D eigenvalue weighted by atomic mass is 10.0. The maximum absolute atomic E-state index is 12.7. The Morgan fingerprint density at radius 1 is 1.29 bits per heavy atom. The second kappa shape index (κ2) is 9.33. The summed E-state index contributed by atoms with van der Waals surface area (Å²) in [5.41, 5.74) is 2.42. The number of allylic oxidation sites excluding steroid dienone is 4. The molecule has 0 fully saturated rings. The van der Waals surface area contributed by atoms with Crippen LogP contribution in [0.15, 0.2) is 72.6 Å². The van der Waals surface area contributed by atoms with E-state index in [1.54, 1.807) is 6.20 Å². The summed E-state index contributed by atoms with van der Waals surface area (Å²) >= 11 is 5.89. The minimum Gasteiger partial charge on any atom is -0.362 e. The summed E-state index contributed by atoms with van der Waals surface area (Å²) in [4.78, 5) is 20.9. The maximum Gasteiger partial charge on any atom is 0.255 e. The number of benzene rings is 1. The quantitative estimate of drug-likeness (QED) is 0.720. The predicted molar refractivity (Wildman–Crippen MR) is 114 cm³/mol. The molecule has 1 amide bonds. The zero-order valence-electron chi connectivity index (χ0n) is 15.9. The van der Waals surface area contributed by atoms with Gasteiger partial charge in [0.25, 0.3) is 5.91 Å². The number of nitrogens with one attached hydrogen (secondary N) is 2. The van der Waals surface area contributed by atoms with Crippen LogP contribution < -0.4 is 10.6 Å². The zero-order valence-corrected chi connectivity index (χ0v) is 16.6. The van der Waals surface area contributed by atoms with Crippen molar-refractivity contribution in [3.63, 3.8) is 0 Å². The molecule has 2 aromatic rings. The molecule has 1 aromatic heterocycles. The smallest absolute Gasteiger partial charge is 0.255 e. The van der Waals surface area contributed by atoms with Gasteiger partial charge in [-0.3, -0.25) is 9.78 Å². The summed E-state index contributed by atoms with van der Waals surface area (Å²) < 4.78 is 0. The summed E-state index contributed by atoms with van der Waals surface area (Å²) in [6.45, 7) is 4.11. The Balaban J connectivity index is 1.71. The predicted octanol–water partition coefficient (Wildman–Crippen LogP) is 5.32. The monoisotopic (exact) mass is 394 g/mol. The molecule has 1 aliphatic carbocycles. The van der Waals surface area contributed by atoms with Crippen molar-refractivity contribution in [2.45, 2.75) is 26.3 Å². The van der Waals surface area contributed by atoms with Crippen LogP contribution in [0, 0.1) is 5.92 Å². The Labute approximate surface area is 170 Å². The second-order valence-electron chi connectivity index (χ2n) is 6.79. The van der Waals surface area contributed by atoms with Crippen LogP contribution in [0.4, 0.5) is 11.5 Å². The summed E-state index contributed by atoms with van der Waals surface area (Å²) in [7, 11) is 0. The Morgan fingerprint density at radius 3 is 2.96 bits per heavy atom. The Morgan fingerprint density at radius 2 is 2.14 bits per heavy atom. The fourth-order valence-electron chi connectivity index (χ4n) is 2.92. The van der Waals surface area contributed by atoms with Gasteiger partial charge in [-0.15, -0.1) is 0 Å². The first-order valence-electron chi connectivity index (χ1n) is 9.21. The average Bonchev–Trinajstić information content (AvgIpc) is 2.64. The maximum atomic E-state index is 12.7. The molecule has 144 valence electrons. The second-order valence-corrected chi connectivity index (χ2v) is 7.18. The minimum atomic E-state index is -0.114. The number of hydrogen-bond acceptors (Lipinski definition) is 4. The molecule has 6 heteroatoms. The number of amides is 1. The number of anilines is 2. The number of hydrogen-bond donors (Lipinski definition) is 2. The van der Waals surface area contributed by atoms with Gasteiger partial charge >= 0.3 is 0 Å². The van der Waals surface area contributed by atoms with Gasteiger partial charge in [-0.1, -0.05) is 55.0 Å². The van der Waals surface area contributed by atoms with Crippen molar-refractivity contribution in [1.82, 2.24) is 9.97 Å². The van der Waals surface area contributed by atoms with Crippen LogP contribution in [0.3, 0.4) is 0 Å². The molecular weight excluding hydrogens is 372 g/mol. The van der Waals surface area contributed by atoms with Gasteiger partial charge in [-0.2, -0.15) is 0 Å². The molecule has 0 spiro atoms. The standard InChI is InChI=1S/C22H23ClN4O/c1-15-7-4-3-5-8-18(11-15)22(28)26-19-10-6-9-17(12-19)16(2)25-21-14-24-13-20(23)27-21/h3-6,8-16H,7H2,1-2H3,(H,25,27)(H,26,28)/b4-3+,8-5-,18-11+/t15?,16-/m0/s1. The van der Waals surface area contributed by atoms with Gasteiger partial charge in [0.05, 0.1) is 18.4 Å². The molecule has 1 aromatic carbocycles. The highest BCUT2D eigenvalue weighted by atomic mass is 35.5. The molecule has 2 N–H and O–H groups in total. The zero-order chi connectivity index (χ0) is 19.9. The van der Waals surface area contributed by atoms with E-state index in [2.05, 4.69) is 33.6 Å². The summed E-state index contributed by atoms with van der Waals surface area (Å²) in [5.74, 6) is 0.800. The lowest BCUT2D eigenvalue weighted by Crippen LogP contribution is -2.15. The minimum absolute atomic E-state index is 0.0321. The van der Waals surface area contributed by atoms with Gasteiger partial charge in [0.15, 0.2) is 0 Å². The number of halogens is 1. The molecule has 0 saturated carbocycles. The molecule has 5 nitrogen and oxygen atoms in total. The van der Waals surface area contributed by atoms with E-state index in [0.29, 0.717) is 22.5 Å². The van der Waals surface area contributed by atoms with Gasteiger partial charge in [0, 0.05) is 11.3 Å². The first-order valence-corrected chi connectivity index (χ1v) is 9.59. The van der Waals surface area contributed by atoms with Crippen LogP contribution >= 0.6 is 11.6 Å². The normalized spacial score (nSPS) is 21.4. The topological polar surface area (TPSA) is 66.9 Å². The highest BCUT2D eigenvalue weighted by molar-refractivity contribution is 6.29. The Hall–Kier alpha value is -2.92. The summed E-state index contributed by atoms with van der Waals surface area (Å²) in [6.07, 6.45) is 13.9. The molecule has 0 aliphatic heterocycles. The third kappa shape index (κ3) is 5.54. The molecule has 1 aliphatic rings. The number of rotatable bonds is 5. The molecule has 1 heterocycles. The van der Waals surface area contributed by atoms with Gasteiger partial charge in [-0.25, -0.2) is 4.98 Å². The van der Waals surface area contributed by atoms with Crippen molar-refractivity contribution in [1.29, 1.82) is 0 Å². The first kappa shape index (κ1) is 19.8. The molecule has 3 rings (SSSR count). The van der Waals surface area contributed by atoms with E-state index < -0.39 is 0 Å². The van der Waals surface area contributed by atoms with Crippen LogP contribution in [-0.2, 0) is 4.79 Å². The van der Waals surface area contributed by atoms with E-state index in [-0.39, 0.29) is 11.9 Å². The van der Waals surface area contributed by atoms with Gasteiger partial charge in [-0.05, 0) is 43.0 Å². The van der Waals surface area contributed by atoms with Gasteiger partial charge in [0.2, 0.25) is 0 Å². The highest BCUT2D eigenvalue weighted by Crippen LogP contribution is 2.22. The van der Waals surface area contributed by atoms with E-state index in [9.17, 15) is 4.79 Å². The summed E-state index contributed by atoms with van der Waals surface area (Å²) in [5, 5.41) is 6.59. The fraction of sp³-hybridized carbons (Fsp3) is 0.227. The number of aromatic nitrogens is 2. The Kier molecular flexibility index (Phi) is 6.61. The van der Waals surface area contributed by atoms with E-state index in [1.165, 1.54) is 6.20 Å². The molecule has 1 unspecified atom stereocenters. The van der Waals surface area contributed by atoms with Crippen LogP contribution in [0.5, 0.6) is 0 Å². The van der Waals surface area contributed by atoms with Crippen molar-refractivity contribution < 1.29 is 4.79 Å². The van der Waals surface area contributed by atoms with E-state index in [1.807, 2.05) is 55.5 Å². The summed E-state index contributed by atoms with van der Waals surface area (Å²) in [6, 6.07) is 7.71. The fourth-order valence-corrected chi connectivity index (χ4v) is 3.07. The average molecular weight is 395 g/mol. The Bertz CT molecular complexity index is 936. The lowest BCUT2D eigenvalue weighted by Gasteiger charge is -2.16. The van der Waals surface area contributed by atoms with Gasteiger partial charge in [0.1, 0.15) is 11.0 Å². The number of carbonyl (C=O) groups excluding carboxylic acids is 1. The largest absolute Gasteiger partial charge is 0.362 e. The van der Waals surface area contributed by atoms with Crippen molar-refractivity contribution in [2.24, 2.45) is 5.92 Å². The molecule has 28 heavy (non-hydrogen) atoms.